The number of para-hydroxylation sites is 2. The Bertz CT molecular complexity index is 597. The van der Waals surface area contributed by atoms with Crippen molar-refractivity contribution in [2.45, 2.75) is 31.8 Å². The van der Waals surface area contributed by atoms with Gasteiger partial charge in [-0.05, 0) is 25.0 Å². The van der Waals surface area contributed by atoms with E-state index in [-0.39, 0.29) is 18.3 Å². The number of carbonyl (C=O) groups is 2. The number of amides is 1. The lowest BCUT2D eigenvalue weighted by atomic mass is 9.97. The molecule has 0 spiro atoms. The number of benzene rings is 1. The van der Waals surface area contributed by atoms with Crippen molar-refractivity contribution >= 4 is 17.4 Å². The van der Waals surface area contributed by atoms with E-state index >= 15 is 0 Å². The molecule has 110 valence electrons. The maximum atomic E-state index is 12.0. The molecule has 1 saturated carbocycles. The van der Waals surface area contributed by atoms with E-state index in [0.29, 0.717) is 24.3 Å². The molecule has 0 bridgehead atoms. The van der Waals surface area contributed by atoms with Gasteiger partial charge in [0, 0.05) is 18.6 Å². The summed E-state index contributed by atoms with van der Waals surface area (Å²) in [7, 11) is 0. The van der Waals surface area contributed by atoms with Crippen LogP contribution >= 0.6 is 0 Å². The summed E-state index contributed by atoms with van der Waals surface area (Å²) in [6.45, 7) is 0.145. The lowest BCUT2D eigenvalue weighted by molar-refractivity contribution is -0.130. The van der Waals surface area contributed by atoms with Gasteiger partial charge < -0.3 is 9.47 Å². The van der Waals surface area contributed by atoms with Gasteiger partial charge in [-0.15, -0.1) is 0 Å². The predicted octanol–water partition coefficient (Wildman–Crippen LogP) is 1.44. The SMILES string of the molecule is O=C1CCC/C(=N/NC(=O)[C@@H]2COc3ccccc3O2)C1. The van der Waals surface area contributed by atoms with E-state index in [9.17, 15) is 9.59 Å². The van der Waals surface area contributed by atoms with Gasteiger partial charge in [-0.3, -0.25) is 9.59 Å². The fourth-order valence-electron chi connectivity index (χ4n) is 2.34. The molecule has 0 aromatic heterocycles. The number of fused-ring (bicyclic) bond motifs is 1. The van der Waals surface area contributed by atoms with Gasteiger partial charge in [0.25, 0.3) is 5.91 Å². The first-order valence-corrected chi connectivity index (χ1v) is 6.98. The topological polar surface area (TPSA) is 77.0 Å². The monoisotopic (exact) mass is 288 g/mol. The minimum atomic E-state index is -0.733. The average Bonchev–Trinajstić information content (AvgIpc) is 2.52. The van der Waals surface area contributed by atoms with Gasteiger partial charge in [0.1, 0.15) is 12.4 Å². The second-order valence-electron chi connectivity index (χ2n) is 5.09. The molecule has 2 aliphatic rings. The summed E-state index contributed by atoms with van der Waals surface area (Å²) in [5.74, 6) is 0.977. The lowest BCUT2D eigenvalue weighted by Gasteiger charge is -2.25. The molecule has 0 radical (unpaired) electrons. The fraction of sp³-hybridized carbons (Fsp3) is 0.400. The number of rotatable bonds is 2. The predicted molar refractivity (Wildman–Crippen MR) is 75.4 cm³/mol. The molecule has 21 heavy (non-hydrogen) atoms. The van der Waals surface area contributed by atoms with E-state index in [4.69, 9.17) is 9.47 Å². The van der Waals surface area contributed by atoms with Crippen molar-refractivity contribution in [1.82, 2.24) is 5.43 Å². The molecule has 3 rings (SSSR count). The summed E-state index contributed by atoms with van der Waals surface area (Å²) < 4.78 is 11.1. The highest BCUT2D eigenvalue weighted by molar-refractivity contribution is 6.04. The fourth-order valence-corrected chi connectivity index (χ4v) is 2.34. The maximum absolute atomic E-state index is 12.0. The number of ketones is 1. The van der Waals surface area contributed by atoms with Crippen LogP contribution in [0.25, 0.3) is 0 Å². The standard InChI is InChI=1S/C15H16N2O4/c18-11-5-3-4-10(8-11)16-17-15(19)14-9-20-12-6-1-2-7-13(12)21-14/h1-2,6-7,14H,3-5,8-9H2,(H,17,19)/b16-10-/t14-/m0/s1. The Hall–Kier alpha value is -2.37. The summed E-state index contributed by atoms with van der Waals surface area (Å²) in [5, 5.41) is 4.03. The number of ether oxygens (including phenoxy) is 2. The third-order valence-electron chi connectivity index (χ3n) is 3.45. The van der Waals surface area contributed by atoms with E-state index in [2.05, 4.69) is 10.5 Å². The van der Waals surface area contributed by atoms with E-state index in [1.807, 2.05) is 12.1 Å². The molecule has 0 saturated heterocycles. The number of nitrogens with one attached hydrogen (secondary N) is 1. The van der Waals surface area contributed by atoms with E-state index in [1.165, 1.54) is 0 Å². The van der Waals surface area contributed by atoms with Gasteiger partial charge in [-0.25, -0.2) is 5.43 Å². The third-order valence-corrected chi connectivity index (χ3v) is 3.45. The van der Waals surface area contributed by atoms with Crippen LogP contribution in [-0.4, -0.2) is 30.1 Å². The number of hydrogen-bond donors (Lipinski definition) is 1. The Balaban J connectivity index is 1.59. The highest BCUT2D eigenvalue weighted by Crippen LogP contribution is 2.30. The van der Waals surface area contributed by atoms with Gasteiger partial charge in [0.15, 0.2) is 11.5 Å². The summed E-state index contributed by atoms with van der Waals surface area (Å²) >= 11 is 0. The number of hydrogen-bond acceptors (Lipinski definition) is 5. The maximum Gasteiger partial charge on any atom is 0.284 e. The molecule has 6 nitrogen and oxygen atoms in total. The molecular weight excluding hydrogens is 272 g/mol. The first-order valence-electron chi connectivity index (χ1n) is 6.98. The van der Waals surface area contributed by atoms with E-state index in [0.717, 1.165) is 18.6 Å². The summed E-state index contributed by atoms with van der Waals surface area (Å²) in [5.41, 5.74) is 3.18. The summed E-state index contributed by atoms with van der Waals surface area (Å²) in [6, 6.07) is 7.20. The van der Waals surface area contributed by atoms with E-state index in [1.54, 1.807) is 12.1 Å². The molecule has 1 atom stereocenters. The Morgan fingerprint density at radius 2 is 2.05 bits per heavy atom. The summed E-state index contributed by atoms with van der Waals surface area (Å²) in [4.78, 5) is 23.3. The van der Waals surface area contributed by atoms with Crippen LogP contribution in [0.3, 0.4) is 0 Å². The molecule has 1 aliphatic heterocycles. The van der Waals surface area contributed by atoms with Gasteiger partial charge in [-0.1, -0.05) is 12.1 Å². The van der Waals surface area contributed by atoms with Crippen LogP contribution in [0.1, 0.15) is 25.7 Å². The Kier molecular flexibility index (Phi) is 3.85. The van der Waals surface area contributed by atoms with Gasteiger partial charge in [0.05, 0.1) is 0 Å². The van der Waals surface area contributed by atoms with Crippen molar-refractivity contribution in [3.05, 3.63) is 24.3 Å². The Labute approximate surface area is 122 Å². The zero-order valence-electron chi connectivity index (χ0n) is 11.5. The largest absolute Gasteiger partial charge is 0.485 e. The molecule has 6 heteroatoms. The van der Waals surface area contributed by atoms with Crippen molar-refractivity contribution < 1.29 is 19.1 Å². The zero-order chi connectivity index (χ0) is 14.7. The molecule has 1 fully saturated rings. The number of carbonyl (C=O) groups excluding carboxylic acids is 2. The Morgan fingerprint density at radius 1 is 1.24 bits per heavy atom. The van der Waals surface area contributed by atoms with Gasteiger partial charge in [-0.2, -0.15) is 5.10 Å². The second kappa shape index (κ2) is 5.95. The van der Waals surface area contributed by atoms with Gasteiger partial charge >= 0.3 is 0 Å². The quantitative estimate of drug-likeness (QED) is 0.835. The molecular formula is C15H16N2O4. The zero-order valence-corrected chi connectivity index (χ0v) is 11.5. The van der Waals surface area contributed by atoms with Crippen molar-refractivity contribution in [3.8, 4) is 11.5 Å². The molecule has 0 unspecified atom stereocenters. The minimum absolute atomic E-state index is 0.145. The Morgan fingerprint density at radius 3 is 2.86 bits per heavy atom. The first-order chi connectivity index (χ1) is 10.2. The molecule has 1 aromatic carbocycles. The van der Waals surface area contributed by atoms with E-state index < -0.39 is 6.10 Å². The minimum Gasteiger partial charge on any atom is -0.485 e. The third kappa shape index (κ3) is 3.21. The van der Waals surface area contributed by atoms with Crippen LogP contribution in [0.5, 0.6) is 11.5 Å². The van der Waals surface area contributed by atoms with Crippen molar-refractivity contribution in [3.63, 3.8) is 0 Å². The number of hydrazone groups is 1. The molecule has 1 amide bonds. The van der Waals surface area contributed by atoms with Crippen LogP contribution in [-0.2, 0) is 9.59 Å². The van der Waals surface area contributed by atoms with Crippen LogP contribution in [0, 0.1) is 0 Å². The van der Waals surface area contributed by atoms with Crippen LogP contribution in [0.15, 0.2) is 29.4 Å². The normalized spacial score (nSPS) is 23.0. The van der Waals surface area contributed by atoms with Gasteiger partial charge in [0.2, 0.25) is 6.10 Å². The first kappa shape index (κ1) is 13.6. The van der Waals surface area contributed by atoms with Crippen LogP contribution in [0.2, 0.25) is 0 Å². The summed E-state index contributed by atoms with van der Waals surface area (Å²) in [6.07, 6.45) is 1.73. The lowest BCUT2D eigenvalue weighted by Crippen LogP contribution is -2.42. The number of Topliss-reactive ketones (excluding diaryl/α,β-unsaturated/α-hetero) is 1. The average molecular weight is 288 g/mol. The van der Waals surface area contributed by atoms with Crippen molar-refractivity contribution in [2.75, 3.05) is 6.61 Å². The van der Waals surface area contributed by atoms with Crippen LogP contribution in [0.4, 0.5) is 0 Å². The highest BCUT2D eigenvalue weighted by Gasteiger charge is 2.27. The molecule has 1 N–H and O–H groups in total. The smallest absolute Gasteiger partial charge is 0.284 e. The molecule has 1 aromatic rings. The van der Waals surface area contributed by atoms with Crippen molar-refractivity contribution in [1.29, 1.82) is 0 Å². The number of nitrogens with zero attached hydrogens (tertiary/aromatic N) is 1. The molecule has 1 aliphatic carbocycles. The highest BCUT2D eigenvalue weighted by atomic mass is 16.6. The second-order valence-corrected chi connectivity index (χ2v) is 5.09. The van der Waals surface area contributed by atoms with Crippen LogP contribution < -0.4 is 14.9 Å². The van der Waals surface area contributed by atoms with Crippen molar-refractivity contribution in [2.24, 2.45) is 5.10 Å². The molecule has 1 heterocycles.